The summed E-state index contributed by atoms with van der Waals surface area (Å²) in [6.07, 6.45) is 4.05. The first-order valence-electron chi connectivity index (χ1n) is 6.94. The van der Waals surface area contributed by atoms with Gasteiger partial charge in [0.1, 0.15) is 5.52 Å². The molecule has 22 heavy (non-hydrogen) atoms. The van der Waals surface area contributed by atoms with Crippen molar-refractivity contribution in [3.63, 3.8) is 0 Å². The summed E-state index contributed by atoms with van der Waals surface area (Å²) in [5.74, 6) is 0. The molecule has 0 bridgehead atoms. The van der Waals surface area contributed by atoms with Gasteiger partial charge in [0.05, 0.1) is 11.8 Å². The predicted molar refractivity (Wildman–Crippen MR) is 83.5 cm³/mol. The Hall–Kier alpha value is -2.92. The normalized spacial score (nSPS) is 17.3. The van der Waals surface area contributed by atoms with Crippen LogP contribution < -0.4 is 0 Å². The summed E-state index contributed by atoms with van der Waals surface area (Å²) in [6.45, 7) is 0. The molecule has 0 saturated heterocycles. The van der Waals surface area contributed by atoms with E-state index in [1.54, 1.807) is 6.08 Å². The fourth-order valence-electron chi connectivity index (χ4n) is 2.69. The van der Waals surface area contributed by atoms with E-state index in [-0.39, 0.29) is 0 Å². The van der Waals surface area contributed by atoms with Crippen LogP contribution in [0.25, 0.3) is 27.7 Å². The third-order valence-electron chi connectivity index (χ3n) is 3.70. The summed E-state index contributed by atoms with van der Waals surface area (Å²) in [5.41, 5.74) is 5.05. The first kappa shape index (κ1) is 12.8. The van der Waals surface area contributed by atoms with E-state index < -0.39 is 6.29 Å². The molecule has 5 nitrogen and oxygen atoms in total. The second-order valence-corrected chi connectivity index (χ2v) is 5.00. The molecule has 2 heterocycles. The van der Waals surface area contributed by atoms with E-state index in [9.17, 15) is 5.11 Å². The molecule has 0 radical (unpaired) electrons. The Morgan fingerprint density at radius 2 is 1.95 bits per heavy atom. The van der Waals surface area contributed by atoms with Crippen molar-refractivity contribution in [2.45, 2.75) is 6.29 Å². The number of nitrogens with zero attached hydrogens (tertiary/aromatic N) is 2. The summed E-state index contributed by atoms with van der Waals surface area (Å²) in [4.78, 5) is 0. The monoisotopic (exact) mass is 291 g/mol. The van der Waals surface area contributed by atoms with Crippen LogP contribution in [0.5, 0.6) is 0 Å². The minimum absolute atomic E-state index is 0.667. The van der Waals surface area contributed by atoms with E-state index in [1.165, 1.54) is 6.26 Å². The maximum Gasteiger partial charge on any atom is 0.224 e. The largest absolute Gasteiger partial charge is 0.468 e. The molecular weight excluding hydrogens is 278 g/mol. The van der Waals surface area contributed by atoms with Gasteiger partial charge in [-0.2, -0.15) is 0 Å². The number of fused-ring (bicyclic) bond motifs is 1. The summed E-state index contributed by atoms with van der Waals surface area (Å²) in [6, 6.07) is 13.9. The van der Waals surface area contributed by atoms with E-state index in [1.807, 2.05) is 48.5 Å². The maximum absolute atomic E-state index is 10.2. The Kier molecular flexibility index (Phi) is 2.98. The molecule has 0 aliphatic carbocycles. The average Bonchev–Trinajstić information content (AvgIpc) is 3.04. The Morgan fingerprint density at radius 1 is 1.09 bits per heavy atom. The number of aliphatic hydroxyl groups excluding tert-OH is 1. The van der Waals surface area contributed by atoms with Gasteiger partial charge < -0.3 is 9.84 Å². The molecule has 1 aliphatic heterocycles. The van der Waals surface area contributed by atoms with Gasteiger partial charge in [0.2, 0.25) is 6.29 Å². The number of aromatic amines is 1. The van der Waals surface area contributed by atoms with Crippen molar-refractivity contribution in [2.24, 2.45) is 0 Å². The summed E-state index contributed by atoms with van der Waals surface area (Å²) < 4.78 is 5.21. The fraction of sp³-hybridized carbons (Fsp3) is 0.0588. The Morgan fingerprint density at radius 3 is 2.77 bits per heavy atom. The molecule has 108 valence electrons. The number of allylic oxidation sites excluding steroid dienone is 2. The van der Waals surface area contributed by atoms with Gasteiger partial charge in [-0.05, 0) is 29.3 Å². The smallest absolute Gasteiger partial charge is 0.224 e. The quantitative estimate of drug-likeness (QED) is 0.761. The van der Waals surface area contributed by atoms with Crippen LogP contribution in [0.3, 0.4) is 0 Å². The molecular formula is C17H13N3O2. The highest BCUT2D eigenvalue weighted by molar-refractivity contribution is 5.97. The summed E-state index contributed by atoms with van der Waals surface area (Å²) in [7, 11) is 0. The molecule has 1 aliphatic rings. The second-order valence-electron chi connectivity index (χ2n) is 5.00. The van der Waals surface area contributed by atoms with Gasteiger partial charge in [0.15, 0.2) is 0 Å². The van der Waals surface area contributed by atoms with E-state index in [4.69, 9.17) is 4.74 Å². The number of nitrogens with one attached hydrogen (secondary N) is 1. The number of H-pyrrole nitrogens is 1. The van der Waals surface area contributed by atoms with Crippen LogP contribution in [-0.4, -0.2) is 26.8 Å². The fourth-order valence-corrected chi connectivity index (χ4v) is 2.69. The molecule has 1 unspecified atom stereocenters. The Balaban J connectivity index is 2.03. The lowest BCUT2D eigenvalue weighted by molar-refractivity contribution is -0.00439. The number of hydrogen-bond donors (Lipinski definition) is 2. The third-order valence-corrected chi connectivity index (χ3v) is 3.70. The van der Waals surface area contributed by atoms with E-state index >= 15 is 0 Å². The van der Waals surface area contributed by atoms with Crippen LogP contribution in [0, 0.1) is 0 Å². The van der Waals surface area contributed by atoms with Crippen LogP contribution in [0.1, 0.15) is 5.56 Å². The molecule has 5 heteroatoms. The Bertz CT molecular complexity index is 881. The Labute approximate surface area is 126 Å². The summed E-state index contributed by atoms with van der Waals surface area (Å²) in [5, 5.41) is 21.1. The van der Waals surface area contributed by atoms with Gasteiger partial charge in [-0.25, -0.2) is 0 Å². The van der Waals surface area contributed by atoms with Crippen molar-refractivity contribution in [3.05, 3.63) is 66.4 Å². The van der Waals surface area contributed by atoms with Crippen LogP contribution >= 0.6 is 0 Å². The lowest BCUT2D eigenvalue weighted by Gasteiger charge is -2.20. The number of rotatable bonds is 2. The van der Waals surface area contributed by atoms with E-state index in [2.05, 4.69) is 15.4 Å². The molecule has 2 aromatic carbocycles. The van der Waals surface area contributed by atoms with E-state index in [0.717, 1.165) is 22.2 Å². The van der Waals surface area contributed by atoms with Crippen LogP contribution in [0.15, 0.2) is 60.9 Å². The highest BCUT2D eigenvalue weighted by Crippen LogP contribution is 2.36. The molecule has 1 atom stereocenters. The lowest BCUT2D eigenvalue weighted by Crippen LogP contribution is -2.14. The highest BCUT2D eigenvalue weighted by atomic mass is 16.6. The number of aromatic nitrogens is 3. The van der Waals surface area contributed by atoms with Crippen molar-refractivity contribution < 1.29 is 9.84 Å². The van der Waals surface area contributed by atoms with Crippen LogP contribution in [0.4, 0.5) is 0 Å². The van der Waals surface area contributed by atoms with Crippen molar-refractivity contribution in [1.82, 2.24) is 15.4 Å². The molecule has 0 saturated carbocycles. The molecule has 1 aromatic heterocycles. The van der Waals surface area contributed by atoms with Crippen LogP contribution in [-0.2, 0) is 4.74 Å². The zero-order valence-corrected chi connectivity index (χ0v) is 11.6. The minimum atomic E-state index is -1.02. The second kappa shape index (κ2) is 5.13. The topological polar surface area (TPSA) is 71.0 Å². The zero-order valence-electron chi connectivity index (χ0n) is 11.6. The van der Waals surface area contributed by atoms with Gasteiger partial charge in [-0.3, -0.25) is 5.10 Å². The van der Waals surface area contributed by atoms with Gasteiger partial charge in [0, 0.05) is 11.1 Å². The van der Waals surface area contributed by atoms with Crippen molar-refractivity contribution in [3.8, 4) is 11.1 Å². The lowest BCUT2D eigenvalue weighted by atomic mass is 9.92. The predicted octanol–water partition coefficient (Wildman–Crippen LogP) is 2.87. The number of benzene rings is 2. The number of hydrogen-bond acceptors (Lipinski definition) is 4. The molecule has 0 amide bonds. The molecule has 4 rings (SSSR count). The molecule has 0 fully saturated rings. The van der Waals surface area contributed by atoms with Gasteiger partial charge in [0.25, 0.3) is 0 Å². The molecule has 2 N–H and O–H groups in total. The van der Waals surface area contributed by atoms with Gasteiger partial charge in [-0.1, -0.05) is 41.6 Å². The maximum atomic E-state index is 10.2. The number of ether oxygens (including phenoxy) is 1. The highest BCUT2D eigenvalue weighted by Gasteiger charge is 2.22. The van der Waals surface area contributed by atoms with Crippen molar-refractivity contribution in [2.75, 3.05) is 0 Å². The first-order chi connectivity index (χ1) is 10.8. The summed E-state index contributed by atoms with van der Waals surface area (Å²) >= 11 is 0. The van der Waals surface area contributed by atoms with Gasteiger partial charge in [-0.15, -0.1) is 5.10 Å². The number of aliphatic hydroxyl groups is 1. The third kappa shape index (κ3) is 1.99. The van der Waals surface area contributed by atoms with Crippen molar-refractivity contribution >= 4 is 16.6 Å². The van der Waals surface area contributed by atoms with E-state index in [0.29, 0.717) is 11.1 Å². The zero-order chi connectivity index (χ0) is 14.9. The molecule has 3 aromatic rings. The SMILES string of the molecule is OC1OC=CC=C1c1c(-c2ccccc2)ccc2[nH]nnc12. The standard InChI is InChI=1S/C17H13N3O2/c21-17-13(7-4-10-22-17)15-12(11-5-2-1-3-6-11)8-9-14-16(15)19-20-18-14/h1-10,17,21H,(H,18,19,20). The van der Waals surface area contributed by atoms with Crippen molar-refractivity contribution in [1.29, 1.82) is 0 Å². The molecule has 0 spiro atoms. The minimum Gasteiger partial charge on any atom is -0.468 e. The van der Waals surface area contributed by atoms with Gasteiger partial charge >= 0.3 is 0 Å². The first-order valence-corrected chi connectivity index (χ1v) is 6.94. The van der Waals surface area contributed by atoms with Crippen LogP contribution in [0.2, 0.25) is 0 Å². The average molecular weight is 291 g/mol.